The van der Waals surface area contributed by atoms with Crippen molar-refractivity contribution in [3.05, 3.63) is 0 Å². The lowest BCUT2D eigenvalue weighted by atomic mass is 10.1. The van der Waals surface area contributed by atoms with Gasteiger partial charge in [-0.1, -0.05) is 0 Å². The minimum atomic E-state index is -1.11. The Morgan fingerprint density at radius 3 is 2.83 bits per heavy atom. The molecule has 7 nitrogen and oxygen atoms in total. The summed E-state index contributed by atoms with van der Waals surface area (Å²) in [4.78, 5) is 35.2. The van der Waals surface area contributed by atoms with Crippen LogP contribution >= 0.6 is 0 Å². The number of amides is 2. The Hall–Kier alpha value is -1.63. The number of carbonyl (C=O) groups excluding carboxylic acids is 2. The molecule has 0 saturated carbocycles. The van der Waals surface area contributed by atoms with Crippen LogP contribution in [0.2, 0.25) is 0 Å². The van der Waals surface area contributed by atoms with Gasteiger partial charge in [0.1, 0.15) is 12.6 Å². The Balaban J connectivity index is 2.61. The molecule has 0 spiro atoms. The molecule has 2 atom stereocenters. The SMILES string of the molecule is COC(C)CCC(=O)N1CC(=O)NCC1C(=O)O. The number of aliphatic carboxylic acids is 1. The molecule has 1 saturated heterocycles. The summed E-state index contributed by atoms with van der Waals surface area (Å²) in [6.07, 6.45) is 0.599. The van der Waals surface area contributed by atoms with Crippen LogP contribution in [0.25, 0.3) is 0 Å². The Morgan fingerprint density at radius 2 is 2.28 bits per heavy atom. The summed E-state index contributed by atoms with van der Waals surface area (Å²) in [7, 11) is 1.55. The maximum absolute atomic E-state index is 11.9. The molecule has 1 aliphatic heterocycles. The lowest BCUT2D eigenvalue weighted by Crippen LogP contribution is -2.59. The topological polar surface area (TPSA) is 95.9 Å². The van der Waals surface area contributed by atoms with Crippen LogP contribution in [0.3, 0.4) is 0 Å². The number of carboxylic acids is 1. The molecular weight excluding hydrogens is 240 g/mol. The highest BCUT2D eigenvalue weighted by Crippen LogP contribution is 2.10. The van der Waals surface area contributed by atoms with Gasteiger partial charge in [0, 0.05) is 20.1 Å². The molecule has 0 aromatic rings. The van der Waals surface area contributed by atoms with E-state index in [9.17, 15) is 14.4 Å². The minimum absolute atomic E-state index is 0.0419. The number of piperazine rings is 1. The molecule has 0 bridgehead atoms. The molecule has 0 aliphatic carbocycles. The summed E-state index contributed by atoms with van der Waals surface area (Å²) in [6, 6.07) is -0.979. The molecule has 2 amide bonds. The monoisotopic (exact) mass is 258 g/mol. The van der Waals surface area contributed by atoms with Gasteiger partial charge in [0.05, 0.1) is 6.10 Å². The van der Waals surface area contributed by atoms with Crippen molar-refractivity contribution in [3.8, 4) is 0 Å². The fourth-order valence-electron chi connectivity index (χ4n) is 1.71. The number of hydrogen-bond donors (Lipinski definition) is 2. The summed E-state index contributed by atoms with van der Waals surface area (Å²) in [5, 5.41) is 11.4. The van der Waals surface area contributed by atoms with E-state index >= 15 is 0 Å². The van der Waals surface area contributed by atoms with Crippen molar-refractivity contribution < 1.29 is 24.2 Å². The zero-order valence-corrected chi connectivity index (χ0v) is 10.5. The van der Waals surface area contributed by atoms with Gasteiger partial charge in [-0.25, -0.2) is 4.79 Å². The molecule has 1 fully saturated rings. The van der Waals surface area contributed by atoms with Gasteiger partial charge in [-0.15, -0.1) is 0 Å². The van der Waals surface area contributed by atoms with Gasteiger partial charge in [-0.3, -0.25) is 9.59 Å². The smallest absolute Gasteiger partial charge is 0.328 e. The van der Waals surface area contributed by atoms with E-state index < -0.39 is 12.0 Å². The van der Waals surface area contributed by atoms with Crippen LogP contribution in [0.4, 0.5) is 0 Å². The first-order valence-electron chi connectivity index (χ1n) is 5.77. The van der Waals surface area contributed by atoms with Crippen LogP contribution < -0.4 is 5.32 Å². The van der Waals surface area contributed by atoms with E-state index in [1.54, 1.807) is 7.11 Å². The highest BCUT2D eigenvalue weighted by atomic mass is 16.5. The second kappa shape index (κ2) is 6.34. The summed E-state index contributed by atoms with van der Waals surface area (Å²) < 4.78 is 5.02. The molecule has 1 heterocycles. The normalized spacial score (nSPS) is 21.3. The third-order valence-electron chi connectivity index (χ3n) is 2.96. The van der Waals surface area contributed by atoms with Crippen molar-refractivity contribution in [2.75, 3.05) is 20.2 Å². The molecule has 102 valence electrons. The van der Waals surface area contributed by atoms with Gasteiger partial charge in [-0.2, -0.15) is 0 Å². The van der Waals surface area contributed by atoms with Gasteiger partial charge < -0.3 is 20.1 Å². The van der Waals surface area contributed by atoms with Crippen molar-refractivity contribution in [1.82, 2.24) is 10.2 Å². The minimum Gasteiger partial charge on any atom is -0.480 e. The van der Waals surface area contributed by atoms with Crippen LogP contribution in [-0.4, -0.2) is 60.1 Å². The predicted octanol–water partition coefficient (Wildman–Crippen LogP) is -0.787. The van der Waals surface area contributed by atoms with Gasteiger partial charge >= 0.3 is 5.97 Å². The number of hydrogen-bond acceptors (Lipinski definition) is 4. The molecule has 0 aromatic heterocycles. The number of ether oxygens (including phenoxy) is 1. The molecular formula is C11H18N2O5. The highest BCUT2D eigenvalue weighted by Gasteiger charge is 2.34. The predicted molar refractivity (Wildman–Crippen MR) is 61.9 cm³/mol. The van der Waals surface area contributed by atoms with Crippen LogP contribution in [-0.2, 0) is 19.1 Å². The van der Waals surface area contributed by atoms with Gasteiger partial charge in [0.2, 0.25) is 11.8 Å². The Morgan fingerprint density at radius 1 is 1.61 bits per heavy atom. The number of methoxy groups -OCH3 is 1. The lowest BCUT2D eigenvalue weighted by molar-refractivity contribution is -0.154. The zero-order chi connectivity index (χ0) is 13.7. The zero-order valence-electron chi connectivity index (χ0n) is 10.5. The quantitative estimate of drug-likeness (QED) is 0.674. The van der Waals surface area contributed by atoms with E-state index in [4.69, 9.17) is 9.84 Å². The summed E-state index contributed by atoms with van der Waals surface area (Å²) in [5.41, 5.74) is 0. The number of rotatable bonds is 5. The lowest BCUT2D eigenvalue weighted by Gasteiger charge is -2.32. The maximum atomic E-state index is 11.9. The fraction of sp³-hybridized carbons (Fsp3) is 0.727. The van der Waals surface area contributed by atoms with E-state index in [0.29, 0.717) is 6.42 Å². The van der Waals surface area contributed by atoms with Crippen molar-refractivity contribution in [2.45, 2.75) is 31.9 Å². The Labute approximate surface area is 105 Å². The van der Waals surface area contributed by atoms with Crippen LogP contribution in [0.1, 0.15) is 19.8 Å². The van der Waals surface area contributed by atoms with E-state index in [0.717, 1.165) is 4.90 Å². The van der Waals surface area contributed by atoms with Crippen molar-refractivity contribution >= 4 is 17.8 Å². The molecule has 0 aromatic carbocycles. The molecule has 0 radical (unpaired) electrons. The summed E-state index contributed by atoms with van der Waals surface area (Å²) in [6.45, 7) is 1.59. The molecule has 2 N–H and O–H groups in total. The van der Waals surface area contributed by atoms with Crippen LogP contribution in [0.5, 0.6) is 0 Å². The first-order valence-corrected chi connectivity index (χ1v) is 5.77. The first-order chi connectivity index (χ1) is 8.45. The second-order valence-electron chi connectivity index (χ2n) is 4.26. The van der Waals surface area contributed by atoms with E-state index in [2.05, 4.69) is 5.32 Å². The average Bonchev–Trinajstić information content (AvgIpc) is 2.34. The largest absolute Gasteiger partial charge is 0.480 e. The summed E-state index contributed by atoms with van der Waals surface area (Å²) in [5.74, 6) is -1.77. The fourth-order valence-corrected chi connectivity index (χ4v) is 1.71. The molecule has 2 unspecified atom stereocenters. The number of carboxylic acid groups (broad SMARTS) is 1. The third-order valence-corrected chi connectivity index (χ3v) is 2.96. The van der Waals surface area contributed by atoms with E-state index in [1.165, 1.54) is 0 Å². The Kier molecular flexibility index (Phi) is 5.08. The van der Waals surface area contributed by atoms with Gasteiger partial charge in [0.15, 0.2) is 0 Å². The van der Waals surface area contributed by atoms with Gasteiger partial charge in [-0.05, 0) is 13.3 Å². The average molecular weight is 258 g/mol. The van der Waals surface area contributed by atoms with Gasteiger partial charge in [0.25, 0.3) is 0 Å². The van der Waals surface area contributed by atoms with Crippen LogP contribution in [0.15, 0.2) is 0 Å². The number of nitrogens with one attached hydrogen (secondary N) is 1. The van der Waals surface area contributed by atoms with Crippen molar-refractivity contribution in [3.63, 3.8) is 0 Å². The molecule has 1 aliphatic rings. The standard InChI is InChI=1S/C11H18N2O5/c1-7(18-2)3-4-10(15)13-6-9(14)12-5-8(13)11(16)17/h7-8H,3-6H2,1-2H3,(H,12,14)(H,16,17). The maximum Gasteiger partial charge on any atom is 0.328 e. The Bertz CT molecular complexity index is 344. The molecule has 18 heavy (non-hydrogen) atoms. The molecule has 7 heteroatoms. The molecule has 1 rings (SSSR count). The number of carbonyl (C=O) groups is 3. The van der Waals surface area contributed by atoms with Crippen LogP contribution in [0, 0.1) is 0 Å². The second-order valence-corrected chi connectivity index (χ2v) is 4.26. The van der Waals surface area contributed by atoms with E-state index in [-0.39, 0.29) is 37.4 Å². The highest BCUT2D eigenvalue weighted by molar-refractivity contribution is 5.91. The van der Waals surface area contributed by atoms with E-state index in [1.807, 2.05) is 6.92 Å². The first kappa shape index (κ1) is 14.4. The number of nitrogens with zero attached hydrogens (tertiary/aromatic N) is 1. The van der Waals surface area contributed by atoms with Crippen molar-refractivity contribution in [2.24, 2.45) is 0 Å². The van der Waals surface area contributed by atoms with Crippen molar-refractivity contribution in [1.29, 1.82) is 0 Å². The third kappa shape index (κ3) is 3.69. The summed E-state index contributed by atoms with van der Waals surface area (Å²) >= 11 is 0.